The molecule has 0 bridgehead atoms. The molecule has 1 heterocycles. The average Bonchev–Trinajstić information content (AvgIpc) is 3.11. The molecule has 2 fully saturated rings. The number of carbonyl (C=O) groups excluding carboxylic acids is 1. The molecule has 0 spiro atoms. The first-order chi connectivity index (χ1) is 8.75. The summed E-state index contributed by atoms with van der Waals surface area (Å²) in [5.74, 6) is 0.653. The van der Waals surface area contributed by atoms with Crippen LogP contribution in [-0.2, 0) is 4.74 Å². The first-order valence-corrected chi connectivity index (χ1v) is 7.22. The van der Waals surface area contributed by atoms with Crippen molar-refractivity contribution in [1.82, 2.24) is 5.32 Å². The molecular weight excluding hydrogens is 294 g/mol. The number of halogens is 1. The minimum atomic E-state index is -0.0105. The first kappa shape index (κ1) is 12.2. The molecule has 1 aromatic rings. The van der Waals surface area contributed by atoms with Gasteiger partial charge in [0.05, 0.1) is 17.7 Å². The first-order valence-electron chi connectivity index (χ1n) is 6.42. The van der Waals surface area contributed by atoms with E-state index < -0.39 is 0 Å². The van der Waals surface area contributed by atoms with E-state index in [4.69, 9.17) is 4.74 Å². The number of hydrogen-bond acceptors (Lipinski definition) is 2. The monoisotopic (exact) mass is 309 g/mol. The van der Waals surface area contributed by atoms with Crippen molar-refractivity contribution in [2.45, 2.75) is 31.4 Å². The minimum Gasteiger partial charge on any atom is -0.376 e. The van der Waals surface area contributed by atoms with E-state index in [0.29, 0.717) is 11.5 Å². The van der Waals surface area contributed by atoms with Crippen molar-refractivity contribution in [3.05, 3.63) is 34.3 Å². The van der Waals surface area contributed by atoms with Gasteiger partial charge in [-0.15, -0.1) is 0 Å². The summed E-state index contributed by atoms with van der Waals surface area (Å²) in [6.07, 6.45) is 3.65. The van der Waals surface area contributed by atoms with Crippen LogP contribution in [0.4, 0.5) is 0 Å². The highest BCUT2D eigenvalue weighted by Crippen LogP contribution is 2.38. The predicted molar refractivity (Wildman–Crippen MR) is 72.5 cm³/mol. The fourth-order valence-corrected chi connectivity index (χ4v) is 3.01. The van der Waals surface area contributed by atoms with E-state index in [1.54, 1.807) is 0 Å². The van der Waals surface area contributed by atoms with Crippen molar-refractivity contribution in [1.29, 1.82) is 0 Å². The van der Waals surface area contributed by atoms with Gasteiger partial charge in [0, 0.05) is 11.1 Å². The highest BCUT2D eigenvalue weighted by Gasteiger charge is 2.41. The second-order valence-corrected chi connectivity index (χ2v) is 5.88. The summed E-state index contributed by atoms with van der Waals surface area (Å²) >= 11 is 3.41. The van der Waals surface area contributed by atoms with Crippen LogP contribution in [0.15, 0.2) is 28.7 Å². The van der Waals surface area contributed by atoms with E-state index in [2.05, 4.69) is 21.2 Å². The molecule has 3 nitrogen and oxygen atoms in total. The molecule has 18 heavy (non-hydrogen) atoms. The van der Waals surface area contributed by atoms with Crippen molar-refractivity contribution < 1.29 is 9.53 Å². The van der Waals surface area contributed by atoms with Gasteiger partial charge in [0.2, 0.25) is 0 Å². The number of benzene rings is 1. The molecule has 1 saturated heterocycles. The molecule has 3 rings (SSSR count). The molecule has 1 saturated carbocycles. The second-order valence-electron chi connectivity index (χ2n) is 5.02. The predicted octanol–water partition coefficient (Wildman–Crippen LogP) is 2.75. The topological polar surface area (TPSA) is 38.3 Å². The molecule has 1 aliphatic carbocycles. The normalized spacial score (nSPS) is 27.2. The van der Waals surface area contributed by atoms with Gasteiger partial charge < -0.3 is 10.1 Å². The Morgan fingerprint density at radius 1 is 1.28 bits per heavy atom. The van der Waals surface area contributed by atoms with Crippen molar-refractivity contribution >= 4 is 21.8 Å². The van der Waals surface area contributed by atoms with Crippen LogP contribution in [0.25, 0.3) is 0 Å². The van der Waals surface area contributed by atoms with Gasteiger partial charge in [0.15, 0.2) is 0 Å². The SMILES string of the molecule is O=C(NC1CCOC1C1CC1)c1ccccc1Br. The van der Waals surface area contributed by atoms with Crippen LogP contribution >= 0.6 is 15.9 Å². The quantitative estimate of drug-likeness (QED) is 0.932. The van der Waals surface area contributed by atoms with Gasteiger partial charge in [-0.1, -0.05) is 12.1 Å². The van der Waals surface area contributed by atoms with E-state index in [1.807, 2.05) is 24.3 Å². The van der Waals surface area contributed by atoms with Gasteiger partial charge in [-0.25, -0.2) is 0 Å². The third-order valence-corrected chi connectivity index (χ3v) is 4.35. The van der Waals surface area contributed by atoms with Crippen LogP contribution < -0.4 is 5.32 Å². The molecule has 0 aromatic heterocycles. The maximum atomic E-state index is 12.2. The zero-order valence-corrected chi connectivity index (χ0v) is 11.7. The Morgan fingerprint density at radius 2 is 2.06 bits per heavy atom. The Labute approximate surface area is 115 Å². The third-order valence-electron chi connectivity index (χ3n) is 3.66. The standard InChI is InChI=1S/C14H16BrNO2/c15-11-4-2-1-3-10(11)14(17)16-12-7-8-18-13(12)9-5-6-9/h1-4,9,12-13H,5-8H2,(H,16,17). The Hall–Kier alpha value is -0.870. The molecule has 2 atom stereocenters. The molecule has 96 valence electrons. The number of nitrogens with one attached hydrogen (secondary N) is 1. The van der Waals surface area contributed by atoms with Gasteiger partial charge in [0.25, 0.3) is 5.91 Å². The maximum absolute atomic E-state index is 12.2. The largest absolute Gasteiger partial charge is 0.376 e. The molecule has 2 unspecified atom stereocenters. The summed E-state index contributed by atoms with van der Waals surface area (Å²) in [5.41, 5.74) is 0.693. The Balaban J connectivity index is 1.69. The molecule has 1 aromatic carbocycles. The van der Waals surface area contributed by atoms with Crippen molar-refractivity contribution in [2.24, 2.45) is 5.92 Å². The lowest BCUT2D eigenvalue weighted by Gasteiger charge is -2.19. The van der Waals surface area contributed by atoms with Gasteiger partial charge in [-0.05, 0) is 53.2 Å². The molecule has 1 amide bonds. The molecule has 2 aliphatic rings. The Bertz CT molecular complexity index is 459. The van der Waals surface area contributed by atoms with Crippen molar-refractivity contribution in [3.8, 4) is 0 Å². The van der Waals surface area contributed by atoms with Gasteiger partial charge in [0.1, 0.15) is 0 Å². The fraction of sp³-hybridized carbons (Fsp3) is 0.500. The number of amides is 1. The van der Waals surface area contributed by atoms with Gasteiger partial charge in [-0.3, -0.25) is 4.79 Å². The van der Waals surface area contributed by atoms with Crippen molar-refractivity contribution in [3.63, 3.8) is 0 Å². The van der Waals surface area contributed by atoms with E-state index in [9.17, 15) is 4.79 Å². The van der Waals surface area contributed by atoms with Crippen LogP contribution in [0.1, 0.15) is 29.6 Å². The summed E-state index contributed by atoms with van der Waals surface area (Å²) in [6.45, 7) is 0.766. The van der Waals surface area contributed by atoms with E-state index in [-0.39, 0.29) is 18.1 Å². The number of ether oxygens (including phenoxy) is 1. The Kier molecular flexibility index (Phi) is 3.39. The zero-order chi connectivity index (χ0) is 12.5. The molecule has 1 N–H and O–H groups in total. The summed E-state index contributed by atoms with van der Waals surface area (Å²) in [6, 6.07) is 7.69. The zero-order valence-electron chi connectivity index (χ0n) is 10.1. The molecule has 1 aliphatic heterocycles. The summed E-state index contributed by atoms with van der Waals surface area (Å²) in [5, 5.41) is 3.11. The lowest BCUT2D eigenvalue weighted by molar-refractivity contribution is 0.0729. The van der Waals surface area contributed by atoms with Crippen LogP contribution in [0.5, 0.6) is 0 Å². The second kappa shape index (κ2) is 5.02. The van der Waals surface area contributed by atoms with Crippen LogP contribution in [-0.4, -0.2) is 24.7 Å². The van der Waals surface area contributed by atoms with Gasteiger partial charge in [-0.2, -0.15) is 0 Å². The smallest absolute Gasteiger partial charge is 0.252 e. The molecule has 4 heteroatoms. The van der Waals surface area contributed by atoms with E-state index >= 15 is 0 Å². The maximum Gasteiger partial charge on any atom is 0.252 e. The van der Waals surface area contributed by atoms with E-state index in [0.717, 1.165) is 17.5 Å². The number of rotatable bonds is 3. The fourth-order valence-electron chi connectivity index (χ4n) is 2.55. The van der Waals surface area contributed by atoms with Crippen LogP contribution in [0, 0.1) is 5.92 Å². The molecular formula is C14H16BrNO2. The third kappa shape index (κ3) is 2.45. The minimum absolute atomic E-state index is 0.0105. The van der Waals surface area contributed by atoms with Crippen LogP contribution in [0.3, 0.4) is 0 Å². The summed E-state index contributed by atoms with van der Waals surface area (Å²) < 4.78 is 6.57. The van der Waals surface area contributed by atoms with Crippen LogP contribution in [0.2, 0.25) is 0 Å². The lowest BCUT2D eigenvalue weighted by Crippen LogP contribution is -2.41. The summed E-state index contributed by atoms with van der Waals surface area (Å²) in [4.78, 5) is 12.2. The highest BCUT2D eigenvalue weighted by molar-refractivity contribution is 9.10. The average molecular weight is 310 g/mol. The summed E-state index contributed by atoms with van der Waals surface area (Å²) in [7, 11) is 0. The van der Waals surface area contributed by atoms with Crippen molar-refractivity contribution in [2.75, 3.05) is 6.61 Å². The highest BCUT2D eigenvalue weighted by atomic mass is 79.9. The Morgan fingerprint density at radius 3 is 2.78 bits per heavy atom. The number of hydrogen-bond donors (Lipinski definition) is 1. The van der Waals surface area contributed by atoms with Gasteiger partial charge >= 0.3 is 0 Å². The number of carbonyl (C=O) groups is 1. The lowest BCUT2D eigenvalue weighted by atomic mass is 10.1. The van der Waals surface area contributed by atoms with E-state index in [1.165, 1.54) is 12.8 Å². The molecule has 0 radical (unpaired) electrons.